The number of cyclic esters (lactones) is 1. The molecule has 1 aliphatic rings. The first kappa shape index (κ1) is 27.8. The number of halogens is 4. The number of hydrogen-bond acceptors (Lipinski definition) is 2. The Kier molecular flexibility index (Phi) is 7.40. The molecule has 3 nitrogen and oxygen atoms in total. The standard InChI is InChI=1S/C33H29ClF3NO2/c1-19-9-11-28(29-17-23(10-12-30(29)34)27-8-6-5-7-21(27)3)25(13-19)18-38-22(4)31(40-32(38)39)24-14-20(2)15-26(16-24)33(35,36)37/h5-17,22,31H,18H2,1-4H3/t22-,31-/m0/s1. The maximum absolute atomic E-state index is 13.5. The molecule has 0 aromatic heterocycles. The van der Waals surface area contributed by atoms with Gasteiger partial charge in [-0.05, 0) is 85.3 Å². The summed E-state index contributed by atoms with van der Waals surface area (Å²) >= 11 is 6.72. The van der Waals surface area contributed by atoms with E-state index in [1.54, 1.807) is 24.8 Å². The molecule has 40 heavy (non-hydrogen) atoms. The van der Waals surface area contributed by atoms with E-state index in [1.807, 2.05) is 49.4 Å². The van der Waals surface area contributed by atoms with Crippen molar-refractivity contribution in [1.82, 2.24) is 4.90 Å². The van der Waals surface area contributed by atoms with Crippen LogP contribution in [0.1, 0.15) is 46.4 Å². The molecule has 1 fully saturated rings. The molecule has 4 aromatic carbocycles. The van der Waals surface area contributed by atoms with Crippen molar-refractivity contribution < 1.29 is 22.7 Å². The van der Waals surface area contributed by atoms with Crippen LogP contribution in [0.3, 0.4) is 0 Å². The molecule has 0 spiro atoms. The van der Waals surface area contributed by atoms with Gasteiger partial charge in [-0.25, -0.2) is 4.79 Å². The molecule has 206 valence electrons. The lowest BCUT2D eigenvalue weighted by Crippen LogP contribution is -2.31. The van der Waals surface area contributed by atoms with Gasteiger partial charge in [0.15, 0.2) is 0 Å². The molecule has 0 saturated carbocycles. The Morgan fingerprint density at radius 1 is 0.850 bits per heavy atom. The van der Waals surface area contributed by atoms with E-state index in [0.29, 0.717) is 16.1 Å². The fourth-order valence-electron chi connectivity index (χ4n) is 5.40. The molecule has 2 atom stereocenters. The minimum absolute atomic E-state index is 0.219. The van der Waals surface area contributed by atoms with Crippen LogP contribution in [0.2, 0.25) is 5.02 Å². The van der Waals surface area contributed by atoms with E-state index in [0.717, 1.165) is 51.1 Å². The summed E-state index contributed by atoms with van der Waals surface area (Å²) < 4.78 is 46.1. The zero-order valence-electron chi connectivity index (χ0n) is 22.6. The molecular formula is C33H29ClF3NO2. The van der Waals surface area contributed by atoms with E-state index in [1.165, 1.54) is 0 Å². The van der Waals surface area contributed by atoms with Crippen molar-refractivity contribution >= 4 is 17.7 Å². The normalized spacial score (nSPS) is 17.3. The van der Waals surface area contributed by atoms with Crippen LogP contribution in [0.4, 0.5) is 18.0 Å². The summed E-state index contributed by atoms with van der Waals surface area (Å²) in [6.45, 7) is 7.65. The first-order chi connectivity index (χ1) is 18.9. The number of ether oxygens (including phenoxy) is 1. The van der Waals surface area contributed by atoms with Gasteiger partial charge in [0.2, 0.25) is 0 Å². The highest BCUT2D eigenvalue weighted by atomic mass is 35.5. The Bertz CT molecular complexity index is 1600. The lowest BCUT2D eigenvalue weighted by atomic mass is 9.93. The summed E-state index contributed by atoms with van der Waals surface area (Å²) in [5.41, 5.74) is 6.89. The highest BCUT2D eigenvalue weighted by Crippen LogP contribution is 2.40. The summed E-state index contributed by atoms with van der Waals surface area (Å²) in [6.07, 6.45) is -5.89. The molecule has 7 heteroatoms. The van der Waals surface area contributed by atoms with Crippen LogP contribution in [0, 0.1) is 20.8 Å². The molecule has 4 aromatic rings. The third kappa shape index (κ3) is 5.46. The zero-order valence-corrected chi connectivity index (χ0v) is 23.4. The average molecular weight is 564 g/mol. The molecule has 5 rings (SSSR count). The van der Waals surface area contributed by atoms with E-state index in [2.05, 4.69) is 25.1 Å². The van der Waals surface area contributed by atoms with Gasteiger partial charge in [-0.1, -0.05) is 77.3 Å². The summed E-state index contributed by atoms with van der Waals surface area (Å²) in [5.74, 6) is 0. The smallest absolute Gasteiger partial charge is 0.416 e. The number of carbonyl (C=O) groups is 1. The van der Waals surface area contributed by atoms with Crippen molar-refractivity contribution in [2.45, 2.75) is 52.6 Å². The van der Waals surface area contributed by atoms with E-state index >= 15 is 0 Å². The molecule has 1 saturated heterocycles. The fourth-order valence-corrected chi connectivity index (χ4v) is 5.62. The lowest BCUT2D eigenvalue weighted by Gasteiger charge is -2.23. The van der Waals surface area contributed by atoms with Crippen LogP contribution < -0.4 is 0 Å². The van der Waals surface area contributed by atoms with Crippen LogP contribution in [-0.2, 0) is 17.5 Å². The van der Waals surface area contributed by atoms with Crippen LogP contribution in [0.5, 0.6) is 0 Å². The minimum Gasteiger partial charge on any atom is -0.439 e. The summed E-state index contributed by atoms with van der Waals surface area (Å²) in [4.78, 5) is 14.6. The second-order valence-corrected chi connectivity index (χ2v) is 10.9. The number of carbonyl (C=O) groups excluding carboxylic acids is 1. The molecule has 0 radical (unpaired) electrons. The van der Waals surface area contributed by atoms with Crippen molar-refractivity contribution in [2.75, 3.05) is 0 Å². The van der Waals surface area contributed by atoms with Crippen molar-refractivity contribution in [3.8, 4) is 22.3 Å². The van der Waals surface area contributed by atoms with Gasteiger partial charge in [0, 0.05) is 10.6 Å². The molecule has 0 unspecified atom stereocenters. The summed E-state index contributed by atoms with van der Waals surface area (Å²) in [6, 6.07) is 23.4. The Morgan fingerprint density at radius 2 is 1.60 bits per heavy atom. The Labute approximate surface area is 237 Å². The van der Waals surface area contributed by atoms with E-state index in [9.17, 15) is 18.0 Å². The minimum atomic E-state index is -4.49. The second-order valence-electron chi connectivity index (χ2n) is 10.5. The number of benzene rings is 4. The van der Waals surface area contributed by atoms with E-state index < -0.39 is 30.0 Å². The molecule has 0 N–H and O–H groups in total. The van der Waals surface area contributed by atoms with E-state index in [-0.39, 0.29) is 6.54 Å². The maximum Gasteiger partial charge on any atom is 0.416 e. The third-order valence-corrected chi connectivity index (χ3v) is 7.79. The lowest BCUT2D eigenvalue weighted by molar-refractivity contribution is -0.137. The Hall–Kier alpha value is -3.77. The van der Waals surface area contributed by atoms with Gasteiger partial charge in [-0.15, -0.1) is 0 Å². The second kappa shape index (κ2) is 10.7. The van der Waals surface area contributed by atoms with Crippen molar-refractivity contribution in [1.29, 1.82) is 0 Å². The molecule has 0 aliphatic carbocycles. The van der Waals surface area contributed by atoms with Crippen LogP contribution >= 0.6 is 11.6 Å². The van der Waals surface area contributed by atoms with Crippen LogP contribution in [0.25, 0.3) is 22.3 Å². The molecule has 1 amide bonds. The van der Waals surface area contributed by atoms with Gasteiger partial charge in [0.1, 0.15) is 6.10 Å². The summed E-state index contributed by atoms with van der Waals surface area (Å²) in [7, 11) is 0. The summed E-state index contributed by atoms with van der Waals surface area (Å²) in [5, 5.41) is 0.580. The Balaban J connectivity index is 1.50. The molecular weight excluding hydrogens is 535 g/mol. The SMILES string of the molecule is Cc1cc([C@H]2OC(=O)N(Cc3cc(C)ccc3-c3cc(-c4ccccc4C)ccc3Cl)[C@H]2C)cc(C(F)(F)F)c1. The average Bonchev–Trinajstić information content (AvgIpc) is 3.17. The van der Waals surface area contributed by atoms with Crippen molar-refractivity contribution in [3.63, 3.8) is 0 Å². The zero-order chi connectivity index (χ0) is 28.8. The van der Waals surface area contributed by atoms with Gasteiger partial charge in [-0.2, -0.15) is 13.2 Å². The van der Waals surface area contributed by atoms with Gasteiger partial charge < -0.3 is 4.74 Å². The quantitative estimate of drug-likeness (QED) is 0.242. The van der Waals surface area contributed by atoms with Crippen molar-refractivity contribution in [3.05, 3.63) is 117 Å². The molecule has 1 aliphatic heterocycles. The number of nitrogens with zero attached hydrogens (tertiary/aromatic N) is 1. The van der Waals surface area contributed by atoms with E-state index in [4.69, 9.17) is 16.3 Å². The van der Waals surface area contributed by atoms with Gasteiger partial charge in [0.05, 0.1) is 18.2 Å². The highest BCUT2D eigenvalue weighted by Gasteiger charge is 2.41. The van der Waals surface area contributed by atoms with Gasteiger partial charge >= 0.3 is 12.3 Å². The number of alkyl halides is 3. The number of amides is 1. The monoisotopic (exact) mass is 563 g/mol. The molecule has 1 heterocycles. The molecule has 0 bridgehead atoms. The number of aryl methyl sites for hydroxylation is 3. The third-order valence-electron chi connectivity index (χ3n) is 7.46. The largest absolute Gasteiger partial charge is 0.439 e. The predicted molar refractivity (Wildman–Crippen MR) is 152 cm³/mol. The van der Waals surface area contributed by atoms with Crippen LogP contribution in [0.15, 0.2) is 78.9 Å². The highest BCUT2D eigenvalue weighted by molar-refractivity contribution is 6.33. The number of rotatable bonds is 5. The topological polar surface area (TPSA) is 29.5 Å². The number of hydrogen-bond donors (Lipinski definition) is 0. The first-order valence-corrected chi connectivity index (χ1v) is 13.4. The Morgan fingerprint density at radius 3 is 2.33 bits per heavy atom. The van der Waals surface area contributed by atoms with Gasteiger partial charge in [-0.3, -0.25) is 4.90 Å². The fraction of sp³-hybridized carbons (Fsp3) is 0.242. The van der Waals surface area contributed by atoms with Gasteiger partial charge in [0.25, 0.3) is 0 Å². The van der Waals surface area contributed by atoms with Crippen molar-refractivity contribution in [2.24, 2.45) is 0 Å². The predicted octanol–water partition coefficient (Wildman–Crippen LogP) is 9.70. The van der Waals surface area contributed by atoms with Crippen LogP contribution in [-0.4, -0.2) is 17.0 Å². The maximum atomic E-state index is 13.5. The first-order valence-electron chi connectivity index (χ1n) is 13.0.